The molecule has 0 bridgehead atoms. The Morgan fingerprint density at radius 1 is 1.35 bits per heavy atom. The number of anilines is 1. The molecule has 0 radical (unpaired) electrons. The Kier molecular flexibility index (Phi) is 3.96. The van der Waals surface area contributed by atoms with Gasteiger partial charge in [-0.15, -0.1) is 0 Å². The number of aliphatic carboxylic acids is 1. The molecule has 1 aliphatic carbocycles. The molecule has 0 amide bonds. The van der Waals surface area contributed by atoms with Crippen molar-refractivity contribution in [1.29, 1.82) is 0 Å². The van der Waals surface area contributed by atoms with Crippen molar-refractivity contribution < 1.29 is 15.0 Å². The van der Waals surface area contributed by atoms with Crippen molar-refractivity contribution in [2.24, 2.45) is 0 Å². The Balaban J connectivity index is 1.93. The van der Waals surface area contributed by atoms with Crippen molar-refractivity contribution in [3.8, 4) is 11.5 Å². The van der Waals surface area contributed by atoms with Gasteiger partial charge in [0.25, 0.3) is 0 Å². The van der Waals surface area contributed by atoms with Crippen molar-refractivity contribution >= 4 is 11.8 Å². The zero-order valence-corrected chi connectivity index (χ0v) is 12.8. The van der Waals surface area contributed by atoms with Crippen molar-refractivity contribution in [1.82, 2.24) is 15.0 Å². The normalized spacial score (nSPS) is 15.7. The highest BCUT2D eigenvalue weighted by Crippen LogP contribution is 2.28. The maximum atomic E-state index is 11.0. The Morgan fingerprint density at radius 3 is 2.87 bits per heavy atom. The zero-order valence-electron chi connectivity index (χ0n) is 12.8. The molecule has 120 valence electrons. The first-order chi connectivity index (χ1) is 11.0. The smallest absolute Gasteiger partial charge is 0.337 e. The Morgan fingerprint density at radius 2 is 2.17 bits per heavy atom. The molecular weight excluding hydrogens is 296 g/mol. The van der Waals surface area contributed by atoms with E-state index in [1.807, 2.05) is 18.2 Å². The van der Waals surface area contributed by atoms with Gasteiger partial charge in [0.2, 0.25) is 0 Å². The van der Waals surface area contributed by atoms with E-state index in [9.17, 15) is 9.90 Å². The number of pyridine rings is 1. The summed E-state index contributed by atoms with van der Waals surface area (Å²) >= 11 is 0. The van der Waals surface area contributed by atoms with Crippen LogP contribution in [0.4, 0.5) is 5.82 Å². The third-order valence-corrected chi connectivity index (χ3v) is 3.89. The molecule has 2 heterocycles. The van der Waals surface area contributed by atoms with E-state index >= 15 is 0 Å². The van der Waals surface area contributed by atoms with Crippen LogP contribution in [-0.4, -0.2) is 43.3 Å². The predicted octanol–water partition coefficient (Wildman–Crippen LogP) is 1.27. The minimum absolute atomic E-state index is 0.132. The summed E-state index contributed by atoms with van der Waals surface area (Å²) in [5, 5.41) is 21.8. The Bertz CT molecular complexity index is 732. The van der Waals surface area contributed by atoms with Crippen molar-refractivity contribution in [2.75, 3.05) is 11.9 Å². The molecule has 0 saturated carbocycles. The molecule has 0 fully saturated rings. The van der Waals surface area contributed by atoms with Crippen LogP contribution in [0.15, 0.2) is 24.4 Å². The first kappa shape index (κ1) is 15.4. The molecule has 0 saturated heterocycles. The summed E-state index contributed by atoms with van der Waals surface area (Å²) in [6, 6.07) is 5.51. The molecule has 3 N–H and O–H groups in total. The molecule has 2 aromatic heterocycles. The molecule has 2 aromatic rings. The van der Waals surface area contributed by atoms with E-state index < -0.39 is 11.6 Å². The van der Waals surface area contributed by atoms with Gasteiger partial charge < -0.3 is 15.5 Å². The fourth-order valence-electron chi connectivity index (χ4n) is 2.52. The molecule has 23 heavy (non-hydrogen) atoms. The maximum Gasteiger partial charge on any atom is 0.337 e. The first-order valence-electron chi connectivity index (χ1n) is 7.48. The molecule has 1 aliphatic rings. The molecule has 1 atom stereocenters. The zero-order chi connectivity index (χ0) is 16.4. The van der Waals surface area contributed by atoms with Gasteiger partial charge in [0, 0.05) is 17.5 Å². The van der Waals surface area contributed by atoms with E-state index in [2.05, 4.69) is 20.3 Å². The molecule has 7 nitrogen and oxygen atoms in total. The van der Waals surface area contributed by atoms with Gasteiger partial charge in [-0.3, -0.25) is 4.98 Å². The van der Waals surface area contributed by atoms with Crippen LogP contribution in [0.3, 0.4) is 0 Å². The third kappa shape index (κ3) is 3.14. The van der Waals surface area contributed by atoms with E-state index in [0.29, 0.717) is 17.3 Å². The largest absolute Gasteiger partial charge is 0.479 e. The minimum atomic E-state index is -1.86. The van der Waals surface area contributed by atoms with Crippen LogP contribution < -0.4 is 5.32 Å². The van der Waals surface area contributed by atoms with Gasteiger partial charge in [-0.2, -0.15) is 0 Å². The highest BCUT2D eigenvalue weighted by molar-refractivity contribution is 5.77. The van der Waals surface area contributed by atoms with Gasteiger partial charge >= 0.3 is 5.97 Å². The number of aliphatic hydroxyl groups is 1. The van der Waals surface area contributed by atoms with Crippen molar-refractivity contribution in [2.45, 2.75) is 31.8 Å². The average Bonchev–Trinajstić information content (AvgIpc) is 3.02. The highest BCUT2D eigenvalue weighted by Gasteiger charge is 2.30. The number of hydrogen-bond acceptors (Lipinski definition) is 6. The van der Waals surface area contributed by atoms with Crippen LogP contribution in [-0.2, 0) is 17.6 Å². The average molecular weight is 314 g/mol. The number of nitrogens with one attached hydrogen (secondary N) is 1. The van der Waals surface area contributed by atoms with E-state index in [-0.39, 0.29) is 6.54 Å². The maximum absolute atomic E-state index is 11.0. The second-order valence-corrected chi connectivity index (χ2v) is 5.82. The van der Waals surface area contributed by atoms with Gasteiger partial charge in [0.15, 0.2) is 11.4 Å². The number of carbonyl (C=O) groups is 1. The molecular formula is C16H18N4O3. The lowest BCUT2D eigenvalue weighted by Crippen LogP contribution is -2.42. The number of aromatic nitrogens is 3. The fraction of sp³-hybridized carbons (Fsp3) is 0.375. The number of rotatable bonds is 5. The summed E-state index contributed by atoms with van der Waals surface area (Å²) in [5.74, 6) is -0.195. The van der Waals surface area contributed by atoms with Gasteiger partial charge in [0.05, 0.1) is 6.54 Å². The quantitative estimate of drug-likeness (QED) is 0.762. The highest BCUT2D eigenvalue weighted by atomic mass is 16.4. The number of hydrogen-bond donors (Lipinski definition) is 3. The lowest BCUT2D eigenvalue weighted by atomic mass is 10.1. The molecule has 0 spiro atoms. The fourth-order valence-corrected chi connectivity index (χ4v) is 2.52. The second kappa shape index (κ2) is 5.92. The van der Waals surface area contributed by atoms with Crippen LogP contribution >= 0.6 is 0 Å². The number of carboxylic acids is 1. The van der Waals surface area contributed by atoms with Gasteiger partial charge in [-0.25, -0.2) is 14.8 Å². The van der Waals surface area contributed by atoms with Gasteiger partial charge in [0.1, 0.15) is 11.5 Å². The molecule has 1 unspecified atom stereocenters. The summed E-state index contributed by atoms with van der Waals surface area (Å²) in [5.41, 5.74) is 0.751. The van der Waals surface area contributed by atoms with Gasteiger partial charge in [-0.1, -0.05) is 6.07 Å². The summed E-state index contributed by atoms with van der Waals surface area (Å²) in [6.07, 6.45) is 4.37. The summed E-state index contributed by atoms with van der Waals surface area (Å²) in [4.78, 5) is 24.3. The lowest BCUT2D eigenvalue weighted by molar-refractivity contribution is -0.155. The molecule has 3 rings (SSSR count). The predicted molar refractivity (Wildman–Crippen MR) is 84.0 cm³/mol. The molecule has 0 aromatic carbocycles. The lowest BCUT2D eigenvalue weighted by Gasteiger charge is -2.20. The Labute approximate surface area is 133 Å². The number of carboxylic acid groups (broad SMARTS) is 1. The van der Waals surface area contributed by atoms with Crippen LogP contribution in [0.2, 0.25) is 0 Å². The topological polar surface area (TPSA) is 108 Å². The van der Waals surface area contributed by atoms with Crippen LogP contribution in [0, 0.1) is 0 Å². The summed E-state index contributed by atoms with van der Waals surface area (Å²) < 4.78 is 0. The van der Waals surface area contributed by atoms with Crippen molar-refractivity contribution in [3.63, 3.8) is 0 Å². The van der Waals surface area contributed by atoms with E-state index in [1.54, 1.807) is 6.20 Å². The Hall–Kier alpha value is -2.54. The monoisotopic (exact) mass is 314 g/mol. The van der Waals surface area contributed by atoms with Crippen molar-refractivity contribution in [3.05, 3.63) is 35.7 Å². The van der Waals surface area contributed by atoms with Crippen LogP contribution in [0.25, 0.3) is 11.5 Å². The van der Waals surface area contributed by atoms with Gasteiger partial charge in [-0.05, 0) is 38.3 Å². The number of nitrogens with zero attached hydrogens (tertiary/aromatic N) is 3. The van der Waals surface area contributed by atoms with E-state index in [4.69, 9.17) is 5.11 Å². The van der Waals surface area contributed by atoms with E-state index in [1.165, 1.54) is 6.92 Å². The molecule has 0 aliphatic heterocycles. The summed E-state index contributed by atoms with van der Waals surface area (Å²) in [6.45, 7) is 1.12. The first-order valence-corrected chi connectivity index (χ1v) is 7.48. The minimum Gasteiger partial charge on any atom is -0.479 e. The second-order valence-electron chi connectivity index (χ2n) is 5.82. The molecule has 7 heteroatoms. The summed E-state index contributed by atoms with van der Waals surface area (Å²) in [7, 11) is 0. The third-order valence-electron chi connectivity index (χ3n) is 3.89. The number of fused-ring (bicyclic) bond motifs is 1. The van der Waals surface area contributed by atoms with E-state index in [0.717, 1.165) is 30.5 Å². The van der Waals surface area contributed by atoms with Crippen LogP contribution in [0.5, 0.6) is 0 Å². The number of aryl methyl sites for hydroxylation is 1. The van der Waals surface area contributed by atoms with Crippen LogP contribution in [0.1, 0.15) is 24.6 Å². The SMILES string of the molecule is CC(O)(CNc1nc(-c2ccccn2)nc2c1CCC2)C(=O)O. The standard InChI is InChI=1S/C16H18N4O3/c1-16(23,15(21)22)9-18-13-10-5-4-7-11(10)19-14(20-13)12-6-2-3-8-17-12/h2-3,6,8,23H,4-5,7,9H2,1H3,(H,21,22)(H,18,19,20).